The second-order valence-electron chi connectivity index (χ2n) is 6.92. The number of benzene rings is 2. The molecule has 1 saturated heterocycles. The van der Waals surface area contributed by atoms with E-state index in [1.165, 1.54) is 0 Å². The summed E-state index contributed by atoms with van der Waals surface area (Å²) in [6.07, 6.45) is 3.15. The van der Waals surface area contributed by atoms with Crippen molar-refractivity contribution >= 4 is 17.5 Å². The monoisotopic (exact) mass is 375 g/mol. The standard InChI is InChI=1S/C21H21N5O2/c1-25-14-22-24-20(25)16-6-3-8-18(12-16)23-21(28)17-7-2-5-15(11-17)13-26-10-4-9-19(26)27/h2-3,5-8,11-12,14H,4,9-10,13H2,1H3,(H,23,28). The van der Waals surface area contributed by atoms with Crippen LogP contribution in [0.4, 0.5) is 5.69 Å². The third kappa shape index (κ3) is 3.78. The maximum absolute atomic E-state index is 12.7. The Morgan fingerprint density at radius 1 is 1.18 bits per heavy atom. The molecule has 0 bridgehead atoms. The predicted octanol–water partition coefficient (Wildman–Crippen LogP) is 2.86. The Kier molecular flexibility index (Phi) is 4.89. The molecule has 0 unspecified atom stereocenters. The number of nitrogens with one attached hydrogen (secondary N) is 1. The number of rotatable bonds is 5. The topological polar surface area (TPSA) is 80.1 Å². The molecule has 2 heterocycles. The molecule has 142 valence electrons. The van der Waals surface area contributed by atoms with Crippen molar-refractivity contribution in [3.8, 4) is 11.4 Å². The van der Waals surface area contributed by atoms with Crippen molar-refractivity contribution in [2.45, 2.75) is 19.4 Å². The molecule has 0 spiro atoms. The second-order valence-corrected chi connectivity index (χ2v) is 6.92. The summed E-state index contributed by atoms with van der Waals surface area (Å²) in [5.41, 5.74) is 3.08. The van der Waals surface area contributed by atoms with Gasteiger partial charge < -0.3 is 14.8 Å². The largest absolute Gasteiger partial charge is 0.338 e. The molecule has 1 aromatic heterocycles. The number of anilines is 1. The van der Waals surface area contributed by atoms with Crippen LogP contribution in [0, 0.1) is 0 Å². The van der Waals surface area contributed by atoms with E-state index in [0.717, 1.165) is 29.9 Å². The van der Waals surface area contributed by atoms with Crippen LogP contribution in [0.1, 0.15) is 28.8 Å². The summed E-state index contributed by atoms with van der Waals surface area (Å²) in [5, 5.41) is 10.9. The highest BCUT2D eigenvalue weighted by atomic mass is 16.2. The maximum Gasteiger partial charge on any atom is 0.255 e. The number of nitrogens with zero attached hydrogens (tertiary/aromatic N) is 4. The van der Waals surface area contributed by atoms with Crippen molar-refractivity contribution in [2.24, 2.45) is 7.05 Å². The number of aromatic nitrogens is 3. The predicted molar refractivity (Wildman–Crippen MR) is 105 cm³/mol. The molecular weight excluding hydrogens is 354 g/mol. The first kappa shape index (κ1) is 17.9. The summed E-state index contributed by atoms with van der Waals surface area (Å²) in [7, 11) is 1.87. The highest BCUT2D eigenvalue weighted by Crippen LogP contribution is 2.21. The van der Waals surface area contributed by atoms with Gasteiger partial charge in [0.05, 0.1) is 0 Å². The Balaban J connectivity index is 1.49. The lowest BCUT2D eigenvalue weighted by Crippen LogP contribution is -2.24. The summed E-state index contributed by atoms with van der Waals surface area (Å²) >= 11 is 0. The summed E-state index contributed by atoms with van der Waals surface area (Å²) in [6.45, 7) is 1.33. The minimum atomic E-state index is -0.190. The Bertz CT molecular complexity index is 1030. The third-order valence-electron chi connectivity index (χ3n) is 4.82. The van der Waals surface area contributed by atoms with Gasteiger partial charge in [0, 0.05) is 43.4 Å². The molecule has 0 saturated carbocycles. The highest BCUT2D eigenvalue weighted by Gasteiger charge is 2.20. The molecule has 7 heteroatoms. The van der Waals surface area contributed by atoms with Crippen LogP contribution < -0.4 is 5.32 Å². The van der Waals surface area contributed by atoms with Gasteiger partial charge in [0.2, 0.25) is 5.91 Å². The fourth-order valence-corrected chi connectivity index (χ4v) is 3.39. The molecule has 7 nitrogen and oxygen atoms in total. The SMILES string of the molecule is Cn1cnnc1-c1cccc(NC(=O)c2cccc(CN3CCCC3=O)c2)c1. The number of amides is 2. The molecular formula is C21H21N5O2. The zero-order chi connectivity index (χ0) is 19.5. The van der Waals surface area contributed by atoms with Crippen molar-refractivity contribution in [2.75, 3.05) is 11.9 Å². The van der Waals surface area contributed by atoms with E-state index in [4.69, 9.17) is 0 Å². The van der Waals surface area contributed by atoms with Crippen molar-refractivity contribution in [1.29, 1.82) is 0 Å². The van der Waals surface area contributed by atoms with Crippen LogP contribution in [0.3, 0.4) is 0 Å². The van der Waals surface area contributed by atoms with Crippen LogP contribution >= 0.6 is 0 Å². The van der Waals surface area contributed by atoms with E-state index >= 15 is 0 Å². The minimum absolute atomic E-state index is 0.176. The fourth-order valence-electron chi connectivity index (χ4n) is 3.39. The quantitative estimate of drug-likeness (QED) is 0.744. The Hall–Kier alpha value is -3.48. The first-order valence-electron chi connectivity index (χ1n) is 9.22. The van der Waals surface area contributed by atoms with Crippen molar-refractivity contribution in [3.05, 3.63) is 66.0 Å². The Morgan fingerprint density at radius 3 is 2.79 bits per heavy atom. The number of hydrogen-bond acceptors (Lipinski definition) is 4. The molecule has 4 rings (SSSR count). The van der Waals surface area contributed by atoms with E-state index < -0.39 is 0 Å². The zero-order valence-corrected chi connectivity index (χ0v) is 15.6. The van der Waals surface area contributed by atoms with E-state index in [9.17, 15) is 9.59 Å². The molecule has 0 radical (unpaired) electrons. The third-order valence-corrected chi connectivity index (χ3v) is 4.82. The zero-order valence-electron chi connectivity index (χ0n) is 15.6. The van der Waals surface area contributed by atoms with Crippen molar-refractivity contribution < 1.29 is 9.59 Å². The first-order chi connectivity index (χ1) is 13.6. The average Bonchev–Trinajstić information content (AvgIpc) is 3.30. The lowest BCUT2D eigenvalue weighted by Gasteiger charge is -2.16. The van der Waals surface area contributed by atoms with E-state index in [1.54, 1.807) is 12.4 Å². The molecule has 1 aliphatic heterocycles. The number of aryl methyl sites for hydroxylation is 1. The van der Waals surface area contributed by atoms with Gasteiger partial charge in [0.1, 0.15) is 6.33 Å². The van der Waals surface area contributed by atoms with Crippen LogP contribution in [-0.4, -0.2) is 38.0 Å². The second kappa shape index (κ2) is 7.64. The molecule has 1 aliphatic rings. The van der Waals surface area contributed by atoms with Gasteiger partial charge in [-0.1, -0.05) is 24.3 Å². The fraction of sp³-hybridized carbons (Fsp3) is 0.238. The molecule has 28 heavy (non-hydrogen) atoms. The van der Waals surface area contributed by atoms with E-state index in [2.05, 4.69) is 15.5 Å². The van der Waals surface area contributed by atoms with Gasteiger partial charge in [0.15, 0.2) is 5.82 Å². The highest BCUT2D eigenvalue weighted by molar-refractivity contribution is 6.04. The molecule has 2 amide bonds. The van der Waals surface area contributed by atoms with Gasteiger partial charge >= 0.3 is 0 Å². The molecule has 1 fully saturated rings. The normalized spacial score (nSPS) is 13.8. The van der Waals surface area contributed by atoms with Gasteiger partial charge in [-0.05, 0) is 36.2 Å². The summed E-state index contributed by atoms with van der Waals surface area (Å²) in [5.74, 6) is 0.716. The summed E-state index contributed by atoms with van der Waals surface area (Å²) < 4.78 is 1.82. The lowest BCUT2D eigenvalue weighted by molar-refractivity contribution is -0.128. The molecule has 1 N–H and O–H groups in total. The Labute approximate surface area is 163 Å². The maximum atomic E-state index is 12.7. The van der Waals surface area contributed by atoms with Crippen LogP contribution in [0.25, 0.3) is 11.4 Å². The van der Waals surface area contributed by atoms with Gasteiger partial charge in [-0.15, -0.1) is 10.2 Å². The minimum Gasteiger partial charge on any atom is -0.338 e. The van der Waals surface area contributed by atoms with Crippen LogP contribution in [0.2, 0.25) is 0 Å². The van der Waals surface area contributed by atoms with Crippen LogP contribution in [-0.2, 0) is 18.4 Å². The van der Waals surface area contributed by atoms with Gasteiger partial charge in [-0.25, -0.2) is 0 Å². The van der Waals surface area contributed by atoms with E-state index in [-0.39, 0.29) is 11.8 Å². The number of hydrogen-bond donors (Lipinski definition) is 1. The molecule has 0 atom stereocenters. The summed E-state index contributed by atoms with van der Waals surface area (Å²) in [6, 6.07) is 14.9. The van der Waals surface area contributed by atoms with Crippen LogP contribution in [0.15, 0.2) is 54.9 Å². The van der Waals surface area contributed by atoms with Gasteiger partial charge in [0.25, 0.3) is 5.91 Å². The van der Waals surface area contributed by atoms with E-state index in [1.807, 2.05) is 59.0 Å². The van der Waals surface area contributed by atoms with E-state index in [0.29, 0.717) is 24.2 Å². The smallest absolute Gasteiger partial charge is 0.255 e. The van der Waals surface area contributed by atoms with Gasteiger partial charge in [-0.2, -0.15) is 0 Å². The number of carbonyl (C=O) groups excluding carboxylic acids is 2. The first-order valence-corrected chi connectivity index (χ1v) is 9.22. The average molecular weight is 375 g/mol. The molecule has 3 aromatic rings. The van der Waals surface area contributed by atoms with Crippen LogP contribution in [0.5, 0.6) is 0 Å². The van der Waals surface area contributed by atoms with Crippen molar-refractivity contribution in [3.63, 3.8) is 0 Å². The Morgan fingerprint density at radius 2 is 2.04 bits per heavy atom. The molecule has 2 aromatic carbocycles. The number of carbonyl (C=O) groups is 2. The van der Waals surface area contributed by atoms with Gasteiger partial charge in [-0.3, -0.25) is 9.59 Å². The molecule has 0 aliphatic carbocycles. The number of likely N-dealkylation sites (tertiary alicyclic amines) is 1. The summed E-state index contributed by atoms with van der Waals surface area (Å²) in [4.78, 5) is 26.4. The lowest BCUT2D eigenvalue weighted by atomic mass is 10.1. The van der Waals surface area contributed by atoms with Crippen molar-refractivity contribution in [1.82, 2.24) is 19.7 Å².